The van der Waals surface area contributed by atoms with Crippen LogP contribution in [0.5, 0.6) is 5.75 Å². The summed E-state index contributed by atoms with van der Waals surface area (Å²) in [7, 11) is -2.56. The van der Waals surface area contributed by atoms with Gasteiger partial charge in [-0.1, -0.05) is 24.3 Å². The largest absolute Gasteiger partial charge is 0.497 e. The minimum Gasteiger partial charge on any atom is -0.497 e. The van der Waals surface area contributed by atoms with Gasteiger partial charge in [-0.2, -0.15) is 0 Å². The number of rotatable bonds is 7. The first-order valence-corrected chi connectivity index (χ1v) is 10.5. The first-order valence-electron chi connectivity index (χ1n) is 9.09. The van der Waals surface area contributed by atoms with Crippen molar-refractivity contribution in [2.45, 2.75) is 18.4 Å². The number of carbonyl (C=O) groups excluding carboxylic acids is 1. The van der Waals surface area contributed by atoms with Crippen LogP contribution in [0.4, 0.5) is 15.8 Å². The van der Waals surface area contributed by atoms with Gasteiger partial charge in [0.2, 0.25) is 5.91 Å². The molecule has 6 nitrogen and oxygen atoms in total. The second-order valence-corrected chi connectivity index (χ2v) is 8.37. The third-order valence-electron chi connectivity index (χ3n) is 4.38. The summed E-state index contributed by atoms with van der Waals surface area (Å²) < 4.78 is 47.5. The highest BCUT2D eigenvalue weighted by atomic mass is 32.2. The van der Waals surface area contributed by atoms with E-state index >= 15 is 0 Å². The van der Waals surface area contributed by atoms with Crippen LogP contribution in [0, 0.1) is 5.82 Å². The fourth-order valence-corrected chi connectivity index (χ4v) is 4.34. The molecule has 0 aliphatic rings. The topological polar surface area (TPSA) is 75.7 Å². The van der Waals surface area contributed by atoms with E-state index in [1.54, 1.807) is 36.4 Å². The van der Waals surface area contributed by atoms with Crippen LogP contribution in [-0.4, -0.2) is 21.4 Å². The standard InChI is InChI=1S/C22H21FN2O4S/c1-16(26)24-18-10-12-21(13-11-18)30(27,28)25(15-17-6-3-4-9-22(17)23)19-7-5-8-20(14-19)29-2/h3-14H,15H2,1-2H3,(H,24,26). The van der Waals surface area contributed by atoms with Gasteiger partial charge in [-0.25, -0.2) is 12.8 Å². The molecule has 0 heterocycles. The van der Waals surface area contributed by atoms with Gasteiger partial charge in [-0.3, -0.25) is 9.10 Å². The lowest BCUT2D eigenvalue weighted by molar-refractivity contribution is -0.114. The van der Waals surface area contributed by atoms with Crippen LogP contribution in [0.3, 0.4) is 0 Å². The zero-order valence-corrected chi connectivity index (χ0v) is 17.3. The second-order valence-electron chi connectivity index (χ2n) is 6.51. The molecule has 0 radical (unpaired) electrons. The molecule has 0 fully saturated rings. The average molecular weight is 428 g/mol. The lowest BCUT2D eigenvalue weighted by Gasteiger charge is -2.25. The maximum Gasteiger partial charge on any atom is 0.264 e. The summed E-state index contributed by atoms with van der Waals surface area (Å²) in [5, 5.41) is 2.59. The number of halogens is 1. The molecule has 0 unspecified atom stereocenters. The summed E-state index contributed by atoms with van der Waals surface area (Å²) in [6.45, 7) is 1.17. The molecule has 3 aromatic rings. The Balaban J connectivity index is 2.05. The number of hydrogen-bond acceptors (Lipinski definition) is 4. The van der Waals surface area contributed by atoms with E-state index in [9.17, 15) is 17.6 Å². The molecule has 0 atom stereocenters. The number of anilines is 2. The predicted octanol–water partition coefficient (Wildman–Crippen LogP) is 4.19. The lowest BCUT2D eigenvalue weighted by atomic mass is 10.2. The third kappa shape index (κ3) is 4.77. The normalized spacial score (nSPS) is 11.0. The van der Waals surface area contributed by atoms with Gasteiger partial charge in [-0.15, -0.1) is 0 Å². The van der Waals surface area contributed by atoms with Crippen LogP contribution in [0.25, 0.3) is 0 Å². The van der Waals surface area contributed by atoms with Gasteiger partial charge in [0.25, 0.3) is 10.0 Å². The second kappa shape index (κ2) is 8.96. The van der Waals surface area contributed by atoms with Crippen molar-refractivity contribution in [1.29, 1.82) is 0 Å². The molecule has 0 saturated carbocycles. The Labute approximate surface area is 175 Å². The molecule has 1 amide bonds. The van der Waals surface area contributed by atoms with E-state index in [2.05, 4.69) is 5.32 Å². The minimum atomic E-state index is -4.04. The first kappa shape index (κ1) is 21.3. The third-order valence-corrected chi connectivity index (χ3v) is 6.16. The van der Waals surface area contributed by atoms with E-state index < -0.39 is 15.8 Å². The zero-order chi connectivity index (χ0) is 21.7. The Morgan fingerprint density at radius 1 is 1.03 bits per heavy atom. The highest BCUT2D eigenvalue weighted by Crippen LogP contribution is 2.29. The Bertz CT molecular complexity index is 1150. The molecule has 1 N–H and O–H groups in total. The maximum absolute atomic E-state index is 14.3. The summed E-state index contributed by atoms with van der Waals surface area (Å²) >= 11 is 0. The summed E-state index contributed by atoms with van der Waals surface area (Å²) in [6, 6.07) is 18.4. The molecule has 3 rings (SSSR count). The van der Waals surface area contributed by atoms with Crippen molar-refractivity contribution in [3.05, 3.63) is 84.2 Å². The molecular weight excluding hydrogens is 407 g/mol. The molecule has 156 valence electrons. The molecule has 0 spiro atoms. The van der Waals surface area contributed by atoms with Gasteiger partial charge < -0.3 is 10.1 Å². The number of hydrogen-bond donors (Lipinski definition) is 1. The maximum atomic E-state index is 14.3. The Morgan fingerprint density at radius 2 is 1.73 bits per heavy atom. The Morgan fingerprint density at radius 3 is 2.37 bits per heavy atom. The Kier molecular flexibility index (Phi) is 6.37. The fraction of sp³-hybridized carbons (Fsp3) is 0.136. The fourth-order valence-electron chi connectivity index (χ4n) is 2.90. The van der Waals surface area contributed by atoms with Crippen molar-refractivity contribution < 1.29 is 22.3 Å². The number of sulfonamides is 1. The van der Waals surface area contributed by atoms with Crippen LogP contribution in [0.1, 0.15) is 12.5 Å². The van der Waals surface area contributed by atoms with Gasteiger partial charge in [0.05, 0.1) is 24.2 Å². The number of carbonyl (C=O) groups is 1. The van der Waals surface area contributed by atoms with Crippen LogP contribution >= 0.6 is 0 Å². The van der Waals surface area contributed by atoms with Gasteiger partial charge in [0, 0.05) is 24.2 Å². The predicted molar refractivity (Wildman–Crippen MR) is 114 cm³/mol. The first-order chi connectivity index (χ1) is 14.3. The molecule has 8 heteroatoms. The Hall–Kier alpha value is -3.39. The van der Waals surface area contributed by atoms with Crippen molar-refractivity contribution in [2.75, 3.05) is 16.7 Å². The SMILES string of the molecule is COc1cccc(N(Cc2ccccc2F)S(=O)(=O)c2ccc(NC(C)=O)cc2)c1. The number of nitrogens with one attached hydrogen (secondary N) is 1. The van der Waals surface area contributed by atoms with E-state index in [-0.39, 0.29) is 22.9 Å². The van der Waals surface area contributed by atoms with Crippen molar-refractivity contribution in [1.82, 2.24) is 0 Å². The van der Waals surface area contributed by atoms with Crippen molar-refractivity contribution in [2.24, 2.45) is 0 Å². The van der Waals surface area contributed by atoms with Crippen molar-refractivity contribution >= 4 is 27.3 Å². The van der Waals surface area contributed by atoms with Gasteiger partial charge in [0.1, 0.15) is 11.6 Å². The van der Waals surface area contributed by atoms with E-state index in [4.69, 9.17) is 4.74 Å². The number of methoxy groups -OCH3 is 1. The number of benzene rings is 3. The molecule has 0 aliphatic carbocycles. The number of nitrogens with zero attached hydrogens (tertiary/aromatic N) is 1. The molecule has 0 bridgehead atoms. The summed E-state index contributed by atoms with van der Waals surface area (Å²) in [5.41, 5.74) is 1.05. The van der Waals surface area contributed by atoms with E-state index in [1.807, 2.05) is 0 Å². The van der Waals surface area contributed by atoms with Gasteiger partial charge in [0.15, 0.2) is 0 Å². The number of amides is 1. The zero-order valence-electron chi connectivity index (χ0n) is 16.5. The van der Waals surface area contributed by atoms with E-state index in [0.717, 1.165) is 4.31 Å². The molecule has 30 heavy (non-hydrogen) atoms. The highest BCUT2D eigenvalue weighted by Gasteiger charge is 2.26. The highest BCUT2D eigenvalue weighted by molar-refractivity contribution is 7.92. The van der Waals surface area contributed by atoms with Crippen LogP contribution < -0.4 is 14.4 Å². The van der Waals surface area contributed by atoms with Gasteiger partial charge in [-0.05, 0) is 42.5 Å². The van der Waals surface area contributed by atoms with Gasteiger partial charge >= 0.3 is 0 Å². The number of ether oxygens (including phenoxy) is 1. The monoisotopic (exact) mass is 428 g/mol. The molecule has 0 aliphatic heterocycles. The minimum absolute atomic E-state index is 0.00996. The smallest absolute Gasteiger partial charge is 0.264 e. The van der Waals surface area contributed by atoms with Crippen LogP contribution in [0.2, 0.25) is 0 Å². The van der Waals surface area contributed by atoms with E-state index in [1.165, 1.54) is 50.4 Å². The molecule has 0 aromatic heterocycles. The van der Waals surface area contributed by atoms with Crippen LogP contribution in [-0.2, 0) is 21.4 Å². The van der Waals surface area contributed by atoms with Crippen molar-refractivity contribution in [3.63, 3.8) is 0 Å². The molecule has 0 saturated heterocycles. The summed E-state index contributed by atoms with van der Waals surface area (Å²) in [6.07, 6.45) is 0. The molecule has 3 aromatic carbocycles. The quantitative estimate of drug-likeness (QED) is 0.612. The molecular formula is C22H21FN2O4S. The summed E-state index contributed by atoms with van der Waals surface area (Å²) in [5.74, 6) is -0.285. The average Bonchev–Trinajstić information content (AvgIpc) is 2.73. The summed E-state index contributed by atoms with van der Waals surface area (Å²) in [4.78, 5) is 11.2. The van der Waals surface area contributed by atoms with E-state index in [0.29, 0.717) is 17.1 Å². The lowest BCUT2D eigenvalue weighted by Crippen LogP contribution is -2.31. The van der Waals surface area contributed by atoms with Crippen molar-refractivity contribution in [3.8, 4) is 5.75 Å². The van der Waals surface area contributed by atoms with Crippen LogP contribution in [0.15, 0.2) is 77.7 Å².